The van der Waals surface area contributed by atoms with Crippen LogP contribution >= 0.6 is 39.5 Å². The van der Waals surface area contributed by atoms with Crippen molar-refractivity contribution in [1.29, 1.82) is 0 Å². The van der Waals surface area contributed by atoms with Crippen LogP contribution in [0.25, 0.3) is 0 Å². The van der Waals surface area contributed by atoms with Gasteiger partial charge in [0.2, 0.25) is 0 Å². The van der Waals surface area contributed by atoms with E-state index in [0.29, 0.717) is 0 Å². The zero-order chi connectivity index (χ0) is 12.7. The molecule has 1 heterocycles. The fourth-order valence-electron chi connectivity index (χ4n) is 1.86. The molecule has 2 aromatic rings. The topological polar surface area (TPSA) is 9.23 Å². The SMILES string of the molecule is COc1ccc2c(c1Br)Sc1cc(C)ccc1S2. The van der Waals surface area contributed by atoms with Gasteiger partial charge in [-0.3, -0.25) is 0 Å². The molecule has 4 heteroatoms. The highest BCUT2D eigenvalue weighted by molar-refractivity contribution is 9.10. The summed E-state index contributed by atoms with van der Waals surface area (Å²) >= 11 is 7.26. The van der Waals surface area contributed by atoms with E-state index >= 15 is 0 Å². The van der Waals surface area contributed by atoms with E-state index in [2.05, 4.69) is 47.1 Å². The Hall–Kier alpha value is -0.580. The van der Waals surface area contributed by atoms with Gasteiger partial charge in [0.25, 0.3) is 0 Å². The zero-order valence-electron chi connectivity index (χ0n) is 9.99. The molecule has 0 aliphatic carbocycles. The summed E-state index contributed by atoms with van der Waals surface area (Å²) in [5, 5.41) is 0. The van der Waals surface area contributed by atoms with Crippen molar-refractivity contribution >= 4 is 39.5 Å². The lowest BCUT2D eigenvalue weighted by molar-refractivity contribution is 0.410. The van der Waals surface area contributed by atoms with Crippen molar-refractivity contribution in [2.24, 2.45) is 0 Å². The van der Waals surface area contributed by atoms with Gasteiger partial charge in [0.1, 0.15) is 5.75 Å². The van der Waals surface area contributed by atoms with Crippen molar-refractivity contribution in [3.63, 3.8) is 0 Å². The van der Waals surface area contributed by atoms with Crippen LogP contribution in [0.1, 0.15) is 5.56 Å². The molecule has 0 unspecified atom stereocenters. The summed E-state index contributed by atoms with van der Waals surface area (Å²) in [7, 11) is 1.70. The quantitative estimate of drug-likeness (QED) is 0.589. The standard InChI is InChI=1S/C14H11BrOS2/c1-8-3-5-10-12(7-8)18-14-11(17-10)6-4-9(16-2)13(14)15/h3-7H,1-2H3. The van der Waals surface area contributed by atoms with Gasteiger partial charge in [0.05, 0.1) is 11.6 Å². The third-order valence-corrected chi connectivity index (χ3v) is 6.41. The first-order valence-corrected chi connectivity index (χ1v) is 7.94. The molecule has 1 aliphatic rings. The van der Waals surface area contributed by atoms with Gasteiger partial charge < -0.3 is 4.74 Å². The van der Waals surface area contributed by atoms with Crippen molar-refractivity contribution in [2.45, 2.75) is 26.5 Å². The Morgan fingerprint density at radius 1 is 1.00 bits per heavy atom. The zero-order valence-corrected chi connectivity index (χ0v) is 13.2. The van der Waals surface area contributed by atoms with E-state index in [-0.39, 0.29) is 0 Å². The van der Waals surface area contributed by atoms with Crippen LogP contribution in [0.3, 0.4) is 0 Å². The number of hydrogen-bond acceptors (Lipinski definition) is 3. The Labute approximate surface area is 123 Å². The number of halogens is 1. The summed E-state index contributed by atoms with van der Waals surface area (Å²) in [6.07, 6.45) is 0. The Morgan fingerprint density at radius 3 is 2.56 bits per heavy atom. The first-order chi connectivity index (χ1) is 8.69. The van der Waals surface area contributed by atoms with Crippen LogP contribution in [0.15, 0.2) is 54.4 Å². The van der Waals surface area contributed by atoms with Crippen molar-refractivity contribution in [3.05, 3.63) is 40.4 Å². The third kappa shape index (κ3) is 2.06. The minimum absolute atomic E-state index is 0.887. The minimum Gasteiger partial charge on any atom is -0.496 e. The molecule has 0 spiro atoms. The van der Waals surface area contributed by atoms with Gasteiger partial charge >= 0.3 is 0 Å². The van der Waals surface area contributed by atoms with Crippen LogP contribution in [-0.4, -0.2) is 7.11 Å². The molecule has 2 aromatic carbocycles. The maximum Gasteiger partial charge on any atom is 0.134 e. The van der Waals surface area contributed by atoms with Gasteiger partial charge in [-0.05, 0) is 52.7 Å². The van der Waals surface area contributed by atoms with E-state index in [4.69, 9.17) is 4.74 Å². The second-order valence-electron chi connectivity index (χ2n) is 4.06. The molecule has 92 valence electrons. The lowest BCUT2D eigenvalue weighted by Gasteiger charge is -2.20. The van der Waals surface area contributed by atoms with Crippen molar-refractivity contribution < 1.29 is 4.74 Å². The normalized spacial score (nSPS) is 12.8. The van der Waals surface area contributed by atoms with Gasteiger partial charge in [-0.1, -0.05) is 29.6 Å². The Balaban J connectivity index is 2.11. The van der Waals surface area contributed by atoms with Crippen LogP contribution in [0, 0.1) is 6.92 Å². The summed E-state index contributed by atoms with van der Waals surface area (Å²) in [4.78, 5) is 5.18. The van der Waals surface area contributed by atoms with Crippen molar-refractivity contribution in [3.8, 4) is 5.75 Å². The predicted molar refractivity (Wildman–Crippen MR) is 80.1 cm³/mol. The second kappa shape index (κ2) is 4.83. The highest BCUT2D eigenvalue weighted by Gasteiger charge is 2.21. The van der Waals surface area contributed by atoms with Gasteiger partial charge in [0.15, 0.2) is 0 Å². The molecule has 0 aromatic heterocycles. The molecule has 1 nitrogen and oxygen atoms in total. The second-order valence-corrected chi connectivity index (χ2v) is 6.99. The fourth-order valence-corrected chi connectivity index (χ4v) is 5.10. The summed E-state index contributed by atoms with van der Waals surface area (Å²) < 4.78 is 6.40. The first kappa shape index (κ1) is 12.5. The summed E-state index contributed by atoms with van der Waals surface area (Å²) in [6, 6.07) is 10.7. The number of rotatable bonds is 1. The highest BCUT2D eigenvalue weighted by atomic mass is 79.9. The number of ether oxygens (including phenoxy) is 1. The fraction of sp³-hybridized carbons (Fsp3) is 0.143. The molecule has 0 saturated heterocycles. The average Bonchev–Trinajstić information content (AvgIpc) is 2.38. The molecular weight excluding hydrogens is 328 g/mol. The third-order valence-electron chi connectivity index (χ3n) is 2.78. The van der Waals surface area contributed by atoms with Crippen molar-refractivity contribution in [1.82, 2.24) is 0 Å². The molecule has 0 N–H and O–H groups in total. The van der Waals surface area contributed by atoms with E-state index < -0.39 is 0 Å². The first-order valence-electron chi connectivity index (χ1n) is 5.52. The van der Waals surface area contributed by atoms with Crippen molar-refractivity contribution in [2.75, 3.05) is 7.11 Å². The molecule has 1 aliphatic heterocycles. The molecule has 0 atom stereocenters. The summed E-state index contributed by atoms with van der Waals surface area (Å²) in [6.45, 7) is 2.13. The predicted octanol–water partition coefficient (Wildman–Crippen LogP) is 5.38. The highest BCUT2D eigenvalue weighted by Crippen LogP contribution is 2.52. The Bertz CT molecular complexity index is 625. The molecule has 3 rings (SSSR count). The lowest BCUT2D eigenvalue weighted by atomic mass is 10.2. The van der Waals surface area contributed by atoms with E-state index in [1.165, 1.54) is 25.1 Å². The van der Waals surface area contributed by atoms with Crippen LogP contribution in [0.5, 0.6) is 5.75 Å². The number of methoxy groups -OCH3 is 1. The molecular formula is C14H11BrOS2. The molecule has 18 heavy (non-hydrogen) atoms. The molecule has 0 saturated carbocycles. The number of hydrogen-bond donors (Lipinski definition) is 0. The Kier molecular flexibility index (Phi) is 3.34. The van der Waals surface area contributed by atoms with Gasteiger partial charge in [-0.2, -0.15) is 0 Å². The maximum absolute atomic E-state index is 5.35. The number of aryl methyl sites for hydroxylation is 1. The summed E-state index contributed by atoms with van der Waals surface area (Å²) in [5.41, 5.74) is 1.30. The monoisotopic (exact) mass is 338 g/mol. The van der Waals surface area contributed by atoms with Gasteiger partial charge in [-0.25, -0.2) is 0 Å². The smallest absolute Gasteiger partial charge is 0.134 e. The number of fused-ring (bicyclic) bond motifs is 2. The van der Waals surface area contributed by atoms with Gasteiger partial charge in [0, 0.05) is 19.6 Å². The van der Waals surface area contributed by atoms with Crippen LogP contribution in [0.2, 0.25) is 0 Å². The molecule has 0 radical (unpaired) electrons. The van der Waals surface area contributed by atoms with E-state index in [0.717, 1.165) is 10.2 Å². The summed E-state index contributed by atoms with van der Waals surface area (Å²) in [5.74, 6) is 0.887. The molecule has 0 amide bonds. The molecule has 0 bridgehead atoms. The van der Waals surface area contributed by atoms with Crippen LogP contribution in [-0.2, 0) is 0 Å². The van der Waals surface area contributed by atoms with E-state index in [9.17, 15) is 0 Å². The Morgan fingerprint density at radius 2 is 1.78 bits per heavy atom. The maximum atomic E-state index is 5.35. The molecule has 0 fully saturated rings. The lowest BCUT2D eigenvalue weighted by Crippen LogP contribution is -1.93. The van der Waals surface area contributed by atoms with E-state index in [1.807, 2.05) is 17.8 Å². The number of benzene rings is 2. The van der Waals surface area contributed by atoms with E-state index in [1.54, 1.807) is 18.9 Å². The average molecular weight is 339 g/mol. The van der Waals surface area contributed by atoms with Crippen LogP contribution in [0.4, 0.5) is 0 Å². The van der Waals surface area contributed by atoms with Crippen LogP contribution < -0.4 is 4.74 Å². The minimum atomic E-state index is 0.887. The van der Waals surface area contributed by atoms with Gasteiger partial charge in [-0.15, -0.1) is 0 Å². The largest absolute Gasteiger partial charge is 0.496 e.